The molecule has 0 amide bonds. The monoisotopic (exact) mass is 171 g/mol. The summed E-state index contributed by atoms with van der Waals surface area (Å²) in [6.07, 6.45) is 1.06. The Morgan fingerprint density at radius 1 is 1.36 bits per heavy atom. The third-order valence-corrected chi connectivity index (χ3v) is 1.83. The zero-order valence-electron chi connectivity index (χ0n) is 6.60. The molecule has 0 spiro atoms. The number of rotatable bonds is 3. The van der Waals surface area contributed by atoms with Crippen LogP contribution in [0.4, 0.5) is 0 Å². The second kappa shape index (κ2) is 4.37. The van der Waals surface area contributed by atoms with E-state index in [1.165, 1.54) is 5.56 Å². The van der Waals surface area contributed by atoms with E-state index in [1.807, 2.05) is 19.2 Å². The average molecular weight is 172 g/mol. The van der Waals surface area contributed by atoms with E-state index in [1.54, 1.807) is 0 Å². The molecule has 11 heavy (non-hydrogen) atoms. The smallest absolute Gasteiger partial charge is 0.0406 e. The van der Waals surface area contributed by atoms with Crippen LogP contribution >= 0.6 is 11.6 Å². The minimum Gasteiger partial charge on any atom is -0.319 e. The van der Waals surface area contributed by atoms with E-state index in [4.69, 9.17) is 11.6 Å². The maximum absolute atomic E-state index is 5.73. The van der Waals surface area contributed by atoms with Crippen LogP contribution in [0.5, 0.6) is 0 Å². The SMILES string of the molecule is CNCCc1ccc(Cl)cc1.[HH]. The molecule has 0 heterocycles. The van der Waals surface area contributed by atoms with Crippen LogP contribution in [-0.4, -0.2) is 13.6 Å². The van der Waals surface area contributed by atoms with Crippen molar-refractivity contribution in [2.24, 2.45) is 0 Å². The Labute approximate surface area is 73.9 Å². The average Bonchev–Trinajstić information content (AvgIpc) is 2.04. The highest BCUT2D eigenvalue weighted by molar-refractivity contribution is 6.30. The highest BCUT2D eigenvalue weighted by atomic mass is 35.5. The fraction of sp³-hybridized carbons (Fsp3) is 0.333. The van der Waals surface area contributed by atoms with Gasteiger partial charge in [0.1, 0.15) is 0 Å². The number of hydrogen-bond donors (Lipinski definition) is 1. The second-order valence-electron chi connectivity index (χ2n) is 2.48. The quantitative estimate of drug-likeness (QED) is 0.737. The molecule has 0 saturated heterocycles. The molecule has 0 bridgehead atoms. The topological polar surface area (TPSA) is 12.0 Å². The van der Waals surface area contributed by atoms with Gasteiger partial charge in [0, 0.05) is 6.45 Å². The van der Waals surface area contributed by atoms with Gasteiger partial charge >= 0.3 is 0 Å². The minimum atomic E-state index is 0. The summed E-state index contributed by atoms with van der Waals surface area (Å²) in [5.41, 5.74) is 1.32. The summed E-state index contributed by atoms with van der Waals surface area (Å²) >= 11 is 5.73. The normalized spacial score (nSPS) is 10.0. The summed E-state index contributed by atoms with van der Waals surface area (Å²) in [5, 5.41) is 3.90. The maximum atomic E-state index is 5.73. The summed E-state index contributed by atoms with van der Waals surface area (Å²) in [6.45, 7) is 1.02. The highest BCUT2D eigenvalue weighted by Crippen LogP contribution is 2.09. The fourth-order valence-corrected chi connectivity index (χ4v) is 1.05. The lowest BCUT2D eigenvalue weighted by Crippen LogP contribution is -2.09. The maximum Gasteiger partial charge on any atom is 0.0406 e. The zero-order valence-corrected chi connectivity index (χ0v) is 7.36. The van der Waals surface area contributed by atoms with E-state index < -0.39 is 0 Å². The summed E-state index contributed by atoms with van der Waals surface area (Å²) in [4.78, 5) is 0. The molecule has 0 aliphatic rings. The molecule has 0 unspecified atom stereocenters. The van der Waals surface area contributed by atoms with E-state index in [0.29, 0.717) is 0 Å². The lowest BCUT2D eigenvalue weighted by atomic mass is 10.1. The molecule has 1 aromatic carbocycles. The molecule has 1 rings (SSSR count). The molecule has 0 aliphatic carbocycles. The Balaban J connectivity index is 0.00000121. The number of hydrogen-bond acceptors (Lipinski definition) is 1. The van der Waals surface area contributed by atoms with Gasteiger partial charge < -0.3 is 5.32 Å². The number of likely N-dealkylation sites (N-methyl/N-ethyl adjacent to an activating group) is 1. The van der Waals surface area contributed by atoms with Gasteiger partial charge in [-0.2, -0.15) is 0 Å². The molecule has 1 nitrogen and oxygen atoms in total. The van der Waals surface area contributed by atoms with Crippen LogP contribution in [0.3, 0.4) is 0 Å². The van der Waals surface area contributed by atoms with Gasteiger partial charge in [-0.1, -0.05) is 23.7 Å². The van der Waals surface area contributed by atoms with Crippen LogP contribution in [0.2, 0.25) is 5.02 Å². The van der Waals surface area contributed by atoms with Gasteiger partial charge in [-0.25, -0.2) is 0 Å². The van der Waals surface area contributed by atoms with E-state index in [2.05, 4.69) is 17.4 Å². The highest BCUT2D eigenvalue weighted by Gasteiger charge is 1.90. The van der Waals surface area contributed by atoms with Crippen molar-refractivity contribution in [1.82, 2.24) is 5.32 Å². The van der Waals surface area contributed by atoms with Crippen molar-refractivity contribution in [3.05, 3.63) is 34.9 Å². The van der Waals surface area contributed by atoms with Crippen LogP contribution in [0.1, 0.15) is 6.99 Å². The van der Waals surface area contributed by atoms with Gasteiger partial charge in [0.05, 0.1) is 0 Å². The van der Waals surface area contributed by atoms with Crippen molar-refractivity contribution >= 4 is 11.6 Å². The molecule has 0 aliphatic heterocycles. The van der Waals surface area contributed by atoms with Gasteiger partial charge in [0.15, 0.2) is 0 Å². The van der Waals surface area contributed by atoms with Gasteiger partial charge in [0.25, 0.3) is 0 Å². The predicted octanol–water partition coefficient (Wildman–Crippen LogP) is 2.35. The third-order valence-electron chi connectivity index (χ3n) is 1.58. The van der Waals surface area contributed by atoms with E-state index in [9.17, 15) is 0 Å². The fourth-order valence-electron chi connectivity index (χ4n) is 0.920. The first-order chi connectivity index (χ1) is 5.33. The van der Waals surface area contributed by atoms with E-state index >= 15 is 0 Å². The molecule has 0 fully saturated rings. The molecule has 0 radical (unpaired) electrons. The molecule has 62 valence electrons. The summed E-state index contributed by atoms with van der Waals surface area (Å²) in [5.74, 6) is 0. The third kappa shape index (κ3) is 2.91. The Kier molecular flexibility index (Phi) is 3.40. The Hall–Kier alpha value is -0.530. The van der Waals surface area contributed by atoms with Gasteiger partial charge in [-0.15, -0.1) is 0 Å². The Bertz CT molecular complexity index is 210. The molecular formula is C9H14ClN. The van der Waals surface area contributed by atoms with Crippen LogP contribution in [0.25, 0.3) is 0 Å². The Morgan fingerprint density at radius 3 is 2.55 bits per heavy atom. The molecule has 0 saturated carbocycles. The number of halogens is 1. The van der Waals surface area contributed by atoms with Crippen molar-refractivity contribution in [2.75, 3.05) is 13.6 Å². The van der Waals surface area contributed by atoms with Gasteiger partial charge in [-0.05, 0) is 37.7 Å². The predicted molar refractivity (Wildman–Crippen MR) is 51.2 cm³/mol. The van der Waals surface area contributed by atoms with Crippen molar-refractivity contribution in [3.8, 4) is 0 Å². The lowest BCUT2D eigenvalue weighted by molar-refractivity contribution is 0.792. The molecule has 0 aromatic heterocycles. The Morgan fingerprint density at radius 2 is 2.00 bits per heavy atom. The van der Waals surface area contributed by atoms with Crippen LogP contribution in [0.15, 0.2) is 24.3 Å². The van der Waals surface area contributed by atoms with Gasteiger partial charge in [-0.3, -0.25) is 0 Å². The molecular weight excluding hydrogens is 158 g/mol. The first-order valence-corrected chi connectivity index (χ1v) is 4.10. The summed E-state index contributed by atoms with van der Waals surface area (Å²) < 4.78 is 0. The van der Waals surface area contributed by atoms with Crippen LogP contribution < -0.4 is 5.32 Å². The molecule has 1 aromatic rings. The van der Waals surface area contributed by atoms with Crippen molar-refractivity contribution in [2.45, 2.75) is 6.42 Å². The van der Waals surface area contributed by atoms with E-state index in [-0.39, 0.29) is 1.43 Å². The summed E-state index contributed by atoms with van der Waals surface area (Å²) in [6, 6.07) is 7.96. The largest absolute Gasteiger partial charge is 0.319 e. The van der Waals surface area contributed by atoms with Gasteiger partial charge in [0.2, 0.25) is 0 Å². The molecule has 1 N–H and O–H groups in total. The first-order valence-electron chi connectivity index (χ1n) is 3.72. The molecule has 2 heteroatoms. The van der Waals surface area contributed by atoms with Crippen LogP contribution in [0, 0.1) is 0 Å². The van der Waals surface area contributed by atoms with E-state index in [0.717, 1.165) is 18.0 Å². The minimum absolute atomic E-state index is 0. The lowest BCUT2D eigenvalue weighted by Gasteiger charge is -1.99. The zero-order chi connectivity index (χ0) is 8.10. The molecule has 0 atom stereocenters. The number of benzene rings is 1. The van der Waals surface area contributed by atoms with Crippen LogP contribution in [-0.2, 0) is 6.42 Å². The standard InChI is InChI=1S/C9H12ClN.H2/c1-11-7-6-8-2-4-9(10)5-3-8;/h2-5,11H,6-7H2,1H3;1H. The first kappa shape index (κ1) is 8.57. The number of nitrogens with one attached hydrogen (secondary N) is 1. The summed E-state index contributed by atoms with van der Waals surface area (Å²) in [7, 11) is 1.95. The van der Waals surface area contributed by atoms with Crippen molar-refractivity contribution in [3.63, 3.8) is 0 Å². The van der Waals surface area contributed by atoms with Crippen molar-refractivity contribution in [1.29, 1.82) is 0 Å². The van der Waals surface area contributed by atoms with Crippen molar-refractivity contribution < 1.29 is 1.43 Å². The second-order valence-corrected chi connectivity index (χ2v) is 2.92.